The van der Waals surface area contributed by atoms with Gasteiger partial charge in [0.15, 0.2) is 0 Å². The van der Waals surface area contributed by atoms with Crippen LogP contribution in [0.15, 0.2) is 90.1 Å². The van der Waals surface area contributed by atoms with E-state index in [0.717, 1.165) is 11.4 Å². The van der Waals surface area contributed by atoms with Crippen molar-refractivity contribution >= 4 is 28.6 Å². The summed E-state index contributed by atoms with van der Waals surface area (Å²) >= 11 is 0. The van der Waals surface area contributed by atoms with E-state index < -0.39 is 0 Å². The maximum absolute atomic E-state index is 11.9. The van der Waals surface area contributed by atoms with E-state index in [1.807, 2.05) is 36.5 Å². The fourth-order valence-electron chi connectivity index (χ4n) is 3.13. The second-order valence-corrected chi connectivity index (χ2v) is 6.36. The molecule has 0 bridgehead atoms. The molecule has 4 aromatic rings. The highest BCUT2D eigenvalue weighted by molar-refractivity contribution is 5.91. The van der Waals surface area contributed by atoms with Crippen molar-refractivity contribution in [2.24, 2.45) is 4.99 Å². The standard InChI is InChI=1S/C24H20N2O2/c1-2-28-24(27)20-9-5-10-21(15-20)25-17-23-11-6-14-26(23)22-13-12-18-7-3-4-8-19(18)16-22/h3-17H,2H2,1H3. The number of aromatic nitrogens is 1. The zero-order valence-electron chi connectivity index (χ0n) is 15.6. The fourth-order valence-corrected chi connectivity index (χ4v) is 3.13. The van der Waals surface area contributed by atoms with Gasteiger partial charge in [-0.2, -0.15) is 0 Å². The number of hydrogen-bond donors (Lipinski definition) is 0. The van der Waals surface area contributed by atoms with Crippen LogP contribution in [0.5, 0.6) is 0 Å². The lowest BCUT2D eigenvalue weighted by atomic mass is 10.1. The third kappa shape index (κ3) is 3.71. The molecule has 4 nitrogen and oxygen atoms in total. The minimum atomic E-state index is -0.334. The molecule has 0 aliphatic heterocycles. The Morgan fingerprint density at radius 1 is 0.964 bits per heavy atom. The quantitative estimate of drug-likeness (QED) is 0.342. The summed E-state index contributed by atoms with van der Waals surface area (Å²) in [4.78, 5) is 16.4. The number of ether oxygens (including phenoxy) is 1. The Morgan fingerprint density at radius 3 is 2.68 bits per heavy atom. The van der Waals surface area contributed by atoms with Gasteiger partial charge in [-0.25, -0.2) is 4.79 Å². The highest BCUT2D eigenvalue weighted by Crippen LogP contribution is 2.20. The highest BCUT2D eigenvalue weighted by atomic mass is 16.5. The molecule has 0 atom stereocenters. The Morgan fingerprint density at radius 2 is 1.82 bits per heavy atom. The van der Waals surface area contributed by atoms with Gasteiger partial charge in [0.2, 0.25) is 0 Å². The molecule has 1 aromatic heterocycles. The van der Waals surface area contributed by atoms with Gasteiger partial charge in [-0.3, -0.25) is 4.99 Å². The van der Waals surface area contributed by atoms with Crippen LogP contribution in [0.2, 0.25) is 0 Å². The number of rotatable bonds is 5. The lowest BCUT2D eigenvalue weighted by Gasteiger charge is -2.08. The lowest BCUT2D eigenvalue weighted by molar-refractivity contribution is 0.0526. The summed E-state index contributed by atoms with van der Waals surface area (Å²) in [6.45, 7) is 2.15. The molecule has 0 spiro atoms. The maximum atomic E-state index is 11.9. The molecule has 0 aliphatic rings. The van der Waals surface area contributed by atoms with Gasteiger partial charge in [-0.1, -0.05) is 36.4 Å². The molecule has 138 valence electrons. The zero-order valence-corrected chi connectivity index (χ0v) is 15.6. The van der Waals surface area contributed by atoms with Crippen LogP contribution in [0, 0.1) is 0 Å². The van der Waals surface area contributed by atoms with Crippen LogP contribution in [-0.2, 0) is 4.74 Å². The highest BCUT2D eigenvalue weighted by Gasteiger charge is 2.07. The first-order valence-electron chi connectivity index (χ1n) is 9.22. The van der Waals surface area contributed by atoms with Crippen molar-refractivity contribution in [3.05, 3.63) is 96.3 Å². The van der Waals surface area contributed by atoms with Gasteiger partial charge >= 0.3 is 5.97 Å². The van der Waals surface area contributed by atoms with Crippen molar-refractivity contribution in [2.75, 3.05) is 6.61 Å². The molecule has 1 heterocycles. The Kier molecular flexibility index (Phi) is 5.02. The van der Waals surface area contributed by atoms with E-state index >= 15 is 0 Å². The summed E-state index contributed by atoms with van der Waals surface area (Å²) < 4.78 is 7.14. The number of carbonyl (C=O) groups excluding carboxylic acids is 1. The van der Waals surface area contributed by atoms with Crippen LogP contribution >= 0.6 is 0 Å². The Hall–Kier alpha value is -3.66. The topological polar surface area (TPSA) is 43.6 Å². The van der Waals surface area contributed by atoms with Gasteiger partial charge in [-0.05, 0) is 60.2 Å². The number of aliphatic imine (C=N–C) groups is 1. The summed E-state index contributed by atoms with van der Waals surface area (Å²) in [5, 5.41) is 2.41. The molecule has 0 saturated heterocycles. The number of carbonyl (C=O) groups is 1. The minimum absolute atomic E-state index is 0.334. The number of fused-ring (bicyclic) bond motifs is 1. The van der Waals surface area contributed by atoms with Crippen LogP contribution < -0.4 is 0 Å². The molecule has 0 fully saturated rings. The molecule has 28 heavy (non-hydrogen) atoms. The van der Waals surface area contributed by atoms with Gasteiger partial charge in [-0.15, -0.1) is 0 Å². The first kappa shape index (κ1) is 17.7. The SMILES string of the molecule is CCOC(=O)c1cccc(N=Cc2cccn2-c2ccc3ccccc3c2)c1. The smallest absolute Gasteiger partial charge is 0.338 e. The monoisotopic (exact) mass is 368 g/mol. The average Bonchev–Trinajstić information content (AvgIpc) is 3.21. The lowest BCUT2D eigenvalue weighted by Crippen LogP contribution is -2.03. The van der Waals surface area contributed by atoms with Crippen LogP contribution in [0.1, 0.15) is 23.0 Å². The predicted molar refractivity (Wildman–Crippen MR) is 113 cm³/mol. The van der Waals surface area contributed by atoms with Gasteiger partial charge in [0, 0.05) is 11.9 Å². The Bertz CT molecular complexity index is 1160. The van der Waals surface area contributed by atoms with Crippen molar-refractivity contribution in [1.82, 2.24) is 4.57 Å². The molecular weight excluding hydrogens is 348 g/mol. The summed E-state index contributed by atoms with van der Waals surface area (Å²) in [5.41, 5.74) is 3.24. The van der Waals surface area contributed by atoms with E-state index in [0.29, 0.717) is 17.9 Å². The van der Waals surface area contributed by atoms with E-state index in [-0.39, 0.29) is 5.97 Å². The molecule has 0 N–H and O–H groups in total. The number of nitrogens with zero attached hydrogens (tertiary/aromatic N) is 2. The third-order valence-electron chi connectivity index (χ3n) is 4.49. The molecular formula is C24H20N2O2. The van der Waals surface area contributed by atoms with Crippen molar-refractivity contribution in [1.29, 1.82) is 0 Å². The van der Waals surface area contributed by atoms with Crippen molar-refractivity contribution < 1.29 is 9.53 Å². The maximum Gasteiger partial charge on any atom is 0.338 e. The fraction of sp³-hybridized carbons (Fsp3) is 0.0833. The van der Waals surface area contributed by atoms with E-state index in [4.69, 9.17) is 4.74 Å². The normalized spacial score (nSPS) is 11.2. The molecule has 0 saturated carbocycles. The molecule has 0 aliphatic carbocycles. The van der Waals surface area contributed by atoms with Crippen LogP contribution in [0.25, 0.3) is 16.5 Å². The molecule has 0 radical (unpaired) electrons. The third-order valence-corrected chi connectivity index (χ3v) is 4.49. The average molecular weight is 368 g/mol. The Balaban J connectivity index is 1.62. The van der Waals surface area contributed by atoms with Crippen molar-refractivity contribution in [2.45, 2.75) is 6.92 Å². The molecule has 4 heteroatoms. The van der Waals surface area contributed by atoms with Crippen LogP contribution in [-0.4, -0.2) is 23.4 Å². The molecule has 4 rings (SSSR count). The van der Waals surface area contributed by atoms with Crippen LogP contribution in [0.4, 0.5) is 5.69 Å². The van der Waals surface area contributed by atoms with Crippen molar-refractivity contribution in [3.8, 4) is 5.69 Å². The van der Waals surface area contributed by atoms with Crippen LogP contribution in [0.3, 0.4) is 0 Å². The minimum Gasteiger partial charge on any atom is -0.462 e. The zero-order chi connectivity index (χ0) is 19.3. The molecule has 3 aromatic carbocycles. The summed E-state index contributed by atoms with van der Waals surface area (Å²) in [6.07, 6.45) is 3.82. The number of hydrogen-bond acceptors (Lipinski definition) is 3. The van der Waals surface area contributed by atoms with E-state index in [1.165, 1.54) is 10.8 Å². The second-order valence-electron chi connectivity index (χ2n) is 6.36. The summed E-state index contributed by atoms with van der Waals surface area (Å²) in [5.74, 6) is -0.334. The first-order chi connectivity index (χ1) is 13.7. The molecule has 0 unspecified atom stereocenters. The summed E-state index contributed by atoms with van der Waals surface area (Å²) in [6, 6.07) is 25.8. The number of esters is 1. The Labute approximate surface area is 163 Å². The van der Waals surface area contributed by atoms with Gasteiger partial charge in [0.1, 0.15) is 0 Å². The summed E-state index contributed by atoms with van der Waals surface area (Å²) in [7, 11) is 0. The van der Waals surface area contributed by atoms with Gasteiger partial charge < -0.3 is 9.30 Å². The first-order valence-corrected chi connectivity index (χ1v) is 9.22. The van der Waals surface area contributed by atoms with E-state index in [2.05, 4.69) is 39.9 Å². The van der Waals surface area contributed by atoms with Crippen molar-refractivity contribution in [3.63, 3.8) is 0 Å². The van der Waals surface area contributed by atoms with Gasteiger partial charge in [0.05, 0.1) is 29.8 Å². The largest absolute Gasteiger partial charge is 0.462 e. The number of benzene rings is 3. The van der Waals surface area contributed by atoms with Gasteiger partial charge in [0.25, 0.3) is 0 Å². The second kappa shape index (κ2) is 7.92. The van der Waals surface area contributed by atoms with E-state index in [9.17, 15) is 4.79 Å². The predicted octanol–water partition coefficient (Wildman–Crippen LogP) is 5.56. The van der Waals surface area contributed by atoms with E-state index in [1.54, 1.807) is 31.3 Å². The molecule has 0 amide bonds.